The average Bonchev–Trinajstić information content (AvgIpc) is 2.58. The van der Waals surface area contributed by atoms with E-state index in [1.54, 1.807) is 12.1 Å². The molecular weight excluding hydrogens is 322 g/mol. The summed E-state index contributed by atoms with van der Waals surface area (Å²) >= 11 is 2.99. The van der Waals surface area contributed by atoms with Crippen molar-refractivity contribution in [1.82, 2.24) is 4.15 Å². The van der Waals surface area contributed by atoms with Crippen molar-refractivity contribution in [3.63, 3.8) is 0 Å². The van der Waals surface area contributed by atoms with Gasteiger partial charge in [0.25, 0.3) is 10.0 Å². The van der Waals surface area contributed by atoms with Crippen molar-refractivity contribution in [3.8, 4) is 0 Å². The number of nitrogens with zero attached hydrogens (tertiary/aromatic N) is 1. The molecule has 0 unspecified atom stereocenters. The van der Waals surface area contributed by atoms with Crippen LogP contribution in [0.25, 0.3) is 0 Å². The first-order chi connectivity index (χ1) is 8.34. The summed E-state index contributed by atoms with van der Waals surface area (Å²) in [7, 11) is -3.87. The zero-order chi connectivity index (χ0) is 13.5. The van der Waals surface area contributed by atoms with Gasteiger partial charge in [-0.05, 0) is 41.9 Å². The summed E-state index contributed by atoms with van der Waals surface area (Å²) in [6, 6.07) is 6.30. The maximum Gasteiger partial charge on any atom is 0.373 e. The van der Waals surface area contributed by atoms with Crippen LogP contribution >= 0.6 is 15.9 Å². The molecule has 5 nitrogen and oxygen atoms in total. The molecule has 96 valence electrons. The highest BCUT2D eigenvalue weighted by Crippen LogP contribution is 2.19. The Balaban J connectivity index is 2.65. The Morgan fingerprint density at radius 3 is 2.17 bits per heavy atom. The highest BCUT2D eigenvalue weighted by atomic mass is 79.9. The van der Waals surface area contributed by atoms with Crippen LogP contribution in [0, 0.1) is 13.8 Å². The number of hydrogen-bond donors (Lipinski definition) is 0. The standard InChI is InChI=1S/C11H10BrNO4S/c1-7-3-5-9(6-4-7)18(15,16)13-8(2)10(12)11(14)17-13/h3-6H,1-2H3. The van der Waals surface area contributed by atoms with Gasteiger partial charge in [-0.15, -0.1) is 0 Å². The van der Waals surface area contributed by atoms with Gasteiger partial charge < -0.3 is 4.52 Å². The minimum Gasteiger partial charge on any atom is -0.320 e. The van der Waals surface area contributed by atoms with Crippen LogP contribution in [-0.4, -0.2) is 12.6 Å². The Morgan fingerprint density at radius 1 is 1.17 bits per heavy atom. The van der Waals surface area contributed by atoms with Crippen molar-refractivity contribution in [2.75, 3.05) is 0 Å². The van der Waals surface area contributed by atoms with E-state index < -0.39 is 15.6 Å². The molecule has 0 bridgehead atoms. The summed E-state index contributed by atoms with van der Waals surface area (Å²) in [5.74, 6) is 0. The minimum atomic E-state index is -3.87. The largest absolute Gasteiger partial charge is 0.373 e. The molecule has 2 rings (SSSR count). The molecule has 0 atom stereocenters. The van der Waals surface area contributed by atoms with Crippen molar-refractivity contribution < 1.29 is 12.9 Å². The summed E-state index contributed by atoms with van der Waals surface area (Å²) < 4.78 is 29.9. The van der Waals surface area contributed by atoms with E-state index in [-0.39, 0.29) is 15.1 Å². The van der Waals surface area contributed by atoms with Crippen LogP contribution < -0.4 is 5.63 Å². The maximum atomic E-state index is 12.2. The first kappa shape index (κ1) is 13.1. The normalized spacial score (nSPS) is 11.7. The number of benzene rings is 1. The van der Waals surface area contributed by atoms with E-state index in [2.05, 4.69) is 15.9 Å². The third-order valence-corrected chi connectivity index (χ3v) is 5.02. The molecule has 0 N–H and O–H groups in total. The number of aryl methyl sites for hydroxylation is 1. The predicted octanol–water partition coefficient (Wildman–Crippen LogP) is 2.06. The smallest absolute Gasteiger partial charge is 0.320 e. The Hall–Kier alpha value is -1.34. The second kappa shape index (κ2) is 4.40. The van der Waals surface area contributed by atoms with E-state index in [0.29, 0.717) is 4.15 Å². The van der Waals surface area contributed by atoms with Gasteiger partial charge in [0.15, 0.2) is 0 Å². The fourth-order valence-corrected chi connectivity index (χ4v) is 3.09. The zero-order valence-electron chi connectivity index (χ0n) is 9.68. The Morgan fingerprint density at radius 2 is 1.72 bits per heavy atom. The summed E-state index contributed by atoms with van der Waals surface area (Å²) in [4.78, 5) is 11.4. The second-order valence-electron chi connectivity index (χ2n) is 3.82. The van der Waals surface area contributed by atoms with Gasteiger partial charge in [-0.25, -0.2) is 4.79 Å². The van der Waals surface area contributed by atoms with E-state index >= 15 is 0 Å². The minimum absolute atomic E-state index is 0.0717. The molecule has 2 aromatic rings. The third-order valence-electron chi connectivity index (χ3n) is 2.47. The molecule has 0 aliphatic heterocycles. The van der Waals surface area contributed by atoms with Crippen LogP contribution in [0.2, 0.25) is 0 Å². The summed E-state index contributed by atoms with van der Waals surface area (Å²) in [6.07, 6.45) is 0. The van der Waals surface area contributed by atoms with Gasteiger partial charge in [0.2, 0.25) is 0 Å². The molecular formula is C11H10BrNO4S. The Bertz CT molecular complexity index is 740. The molecule has 0 radical (unpaired) electrons. The molecule has 0 aliphatic carbocycles. The van der Waals surface area contributed by atoms with Crippen LogP contribution in [0.1, 0.15) is 11.3 Å². The van der Waals surface area contributed by atoms with Gasteiger partial charge in [-0.2, -0.15) is 8.42 Å². The topological polar surface area (TPSA) is 69.3 Å². The quantitative estimate of drug-likeness (QED) is 0.844. The maximum absolute atomic E-state index is 12.2. The molecule has 0 spiro atoms. The molecule has 0 fully saturated rings. The van der Waals surface area contributed by atoms with Crippen LogP contribution in [0.4, 0.5) is 0 Å². The summed E-state index contributed by atoms with van der Waals surface area (Å²) in [5, 5.41) is 0. The first-order valence-electron chi connectivity index (χ1n) is 5.04. The Kier molecular flexibility index (Phi) is 3.20. The third kappa shape index (κ3) is 2.04. The SMILES string of the molecule is Cc1ccc(S(=O)(=O)n2oc(=O)c(Br)c2C)cc1. The van der Waals surface area contributed by atoms with Crippen molar-refractivity contribution in [2.24, 2.45) is 0 Å². The fraction of sp³-hybridized carbons (Fsp3) is 0.182. The van der Waals surface area contributed by atoms with Crippen LogP contribution in [0.5, 0.6) is 0 Å². The number of halogens is 1. The van der Waals surface area contributed by atoms with E-state index in [1.165, 1.54) is 19.1 Å². The zero-order valence-corrected chi connectivity index (χ0v) is 12.1. The van der Waals surface area contributed by atoms with Gasteiger partial charge in [0.1, 0.15) is 4.47 Å². The number of rotatable bonds is 2. The van der Waals surface area contributed by atoms with Gasteiger partial charge in [0.05, 0.1) is 10.6 Å². The first-order valence-corrected chi connectivity index (χ1v) is 7.28. The predicted molar refractivity (Wildman–Crippen MR) is 69.2 cm³/mol. The van der Waals surface area contributed by atoms with Crippen molar-refractivity contribution >= 4 is 26.0 Å². The van der Waals surface area contributed by atoms with Crippen LogP contribution in [0.15, 0.2) is 43.0 Å². The molecule has 1 aromatic heterocycles. The summed E-state index contributed by atoms with van der Waals surface area (Å²) in [5.41, 5.74) is 0.435. The van der Waals surface area contributed by atoms with Crippen molar-refractivity contribution in [2.45, 2.75) is 18.7 Å². The monoisotopic (exact) mass is 331 g/mol. The van der Waals surface area contributed by atoms with Crippen molar-refractivity contribution in [1.29, 1.82) is 0 Å². The lowest BCUT2D eigenvalue weighted by atomic mass is 10.2. The van der Waals surface area contributed by atoms with E-state index in [0.717, 1.165) is 5.56 Å². The molecule has 1 aromatic carbocycles. The lowest BCUT2D eigenvalue weighted by Gasteiger charge is -2.05. The van der Waals surface area contributed by atoms with Crippen LogP contribution in [-0.2, 0) is 10.0 Å². The van der Waals surface area contributed by atoms with E-state index in [9.17, 15) is 13.2 Å². The van der Waals surface area contributed by atoms with Crippen molar-refractivity contribution in [3.05, 3.63) is 50.4 Å². The van der Waals surface area contributed by atoms with E-state index in [4.69, 9.17) is 4.52 Å². The molecule has 18 heavy (non-hydrogen) atoms. The number of hydrogen-bond acceptors (Lipinski definition) is 4. The summed E-state index contributed by atoms with van der Waals surface area (Å²) in [6.45, 7) is 3.34. The van der Waals surface area contributed by atoms with E-state index in [1.807, 2.05) is 6.92 Å². The number of aromatic nitrogens is 1. The molecule has 7 heteroatoms. The Labute approximate surface area is 112 Å². The molecule has 0 saturated heterocycles. The molecule has 0 aliphatic rings. The average molecular weight is 332 g/mol. The van der Waals surface area contributed by atoms with Gasteiger partial charge in [-0.3, -0.25) is 0 Å². The van der Waals surface area contributed by atoms with Gasteiger partial charge in [-0.1, -0.05) is 21.8 Å². The lowest BCUT2D eigenvalue weighted by Crippen LogP contribution is -2.13. The fourth-order valence-electron chi connectivity index (χ4n) is 1.45. The van der Waals surface area contributed by atoms with Gasteiger partial charge in [0, 0.05) is 0 Å². The molecule has 1 heterocycles. The highest BCUT2D eigenvalue weighted by molar-refractivity contribution is 9.10. The van der Waals surface area contributed by atoms with Crippen LogP contribution in [0.3, 0.4) is 0 Å². The highest BCUT2D eigenvalue weighted by Gasteiger charge is 2.24. The molecule has 0 amide bonds. The lowest BCUT2D eigenvalue weighted by molar-refractivity contribution is 0.338. The van der Waals surface area contributed by atoms with Gasteiger partial charge >= 0.3 is 5.63 Å². The second-order valence-corrected chi connectivity index (χ2v) is 6.37. The molecule has 0 saturated carbocycles.